The molecule has 1 heterocycles. The van der Waals surface area contributed by atoms with Gasteiger partial charge in [0.2, 0.25) is 0 Å². The van der Waals surface area contributed by atoms with Gasteiger partial charge in [0.15, 0.2) is 5.17 Å². The normalized spacial score (nSPS) is 16.6. The standard InChI is InChI=1S/C21H21BrN2O2S/c1-3-26-20(25)18-14(2)23-21(24-19(18)16-7-5-4-6-8-16)27-13-15-9-11-17(22)12-10-15/h4-12,19H,3,13H2,1-2H3,(H,23,24)/t19-/m1/s1. The number of halogens is 1. The van der Waals surface area contributed by atoms with Crippen molar-refractivity contribution in [1.82, 2.24) is 5.32 Å². The average molecular weight is 445 g/mol. The lowest BCUT2D eigenvalue weighted by molar-refractivity contribution is -0.138. The van der Waals surface area contributed by atoms with Crippen LogP contribution >= 0.6 is 27.7 Å². The molecule has 27 heavy (non-hydrogen) atoms. The van der Waals surface area contributed by atoms with Crippen molar-refractivity contribution in [3.63, 3.8) is 0 Å². The number of carbonyl (C=O) groups excluding carboxylic acids is 1. The van der Waals surface area contributed by atoms with Crippen molar-refractivity contribution in [1.29, 1.82) is 0 Å². The zero-order valence-electron chi connectivity index (χ0n) is 15.2. The second-order valence-electron chi connectivity index (χ2n) is 6.05. The third-order valence-electron chi connectivity index (χ3n) is 4.12. The summed E-state index contributed by atoms with van der Waals surface area (Å²) in [5.74, 6) is 0.472. The molecule has 0 saturated heterocycles. The number of carbonyl (C=O) groups is 1. The van der Waals surface area contributed by atoms with Crippen molar-refractivity contribution < 1.29 is 9.53 Å². The summed E-state index contributed by atoms with van der Waals surface area (Å²) in [6, 6.07) is 17.7. The first kappa shape index (κ1) is 19.7. The summed E-state index contributed by atoms with van der Waals surface area (Å²) in [6.07, 6.45) is 0. The molecule has 6 heteroatoms. The molecule has 140 valence electrons. The van der Waals surface area contributed by atoms with Gasteiger partial charge in [-0.05, 0) is 37.1 Å². The van der Waals surface area contributed by atoms with Crippen molar-refractivity contribution >= 4 is 38.8 Å². The third-order valence-corrected chi connectivity index (χ3v) is 5.60. The third kappa shape index (κ3) is 5.02. The van der Waals surface area contributed by atoms with E-state index in [0.717, 1.165) is 26.7 Å². The lowest BCUT2D eigenvalue weighted by atomic mass is 9.97. The lowest BCUT2D eigenvalue weighted by Crippen LogP contribution is -2.30. The van der Waals surface area contributed by atoms with E-state index in [2.05, 4.69) is 33.4 Å². The molecule has 0 spiro atoms. The molecule has 0 saturated carbocycles. The van der Waals surface area contributed by atoms with Gasteiger partial charge < -0.3 is 10.1 Å². The molecular formula is C21H21BrN2O2S. The van der Waals surface area contributed by atoms with Crippen molar-refractivity contribution in [3.8, 4) is 0 Å². The number of nitrogens with zero attached hydrogens (tertiary/aromatic N) is 1. The molecule has 1 N–H and O–H groups in total. The van der Waals surface area contributed by atoms with Crippen LogP contribution in [0.5, 0.6) is 0 Å². The minimum Gasteiger partial charge on any atom is -0.463 e. The first-order valence-corrected chi connectivity index (χ1v) is 10.5. The van der Waals surface area contributed by atoms with E-state index in [4.69, 9.17) is 9.73 Å². The van der Waals surface area contributed by atoms with Gasteiger partial charge in [-0.1, -0.05) is 70.2 Å². The van der Waals surface area contributed by atoms with E-state index in [1.54, 1.807) is 11.8 Å². The second kappa shape index (κ2) is 9.24. The van der Waals surface area contributed by atoms with Gasteiger partial charge in [0.1, 0.15) is 6.04 Å². The number of rotatable bonds is 5. The second-order valence-corrected chi connectivity index (χ2v) is 7.93. The minimum atomic E-state index is -0.362. The van der Waals surface area contributed by atoms with Gasteiger partial charge in [0.05, 0.1) is 12.2 Å². The highest BCUT2D eigenvalue weighted by Crippen LogP contribution is 2.33. The fourth-order valence-electron chi connectivity index (χ4n) is 2.80. The molecule has 0 aromatic heterocycles. The highest BCUT2D eigenvalue weighted by Gasteiger charge is 2.30. The van der Waals surface area contributed by atoms with Gasteiger partial charge in [-0.25, -0.2) is 9.79 Å². The Morgan fingerprint density at radius 1 is 1.19 bits per heavy atom. The van der Waals surface area contributed by atoms with Crippen LogP contribution in [0.4, 0.5) is 0 Å². The first-order chi connectivity index (χ1) is 13.1. The van der Waals surface area contributed by atoms with Crippen LogP contribution in [0.15, 0.2) is 75.3 Å². The molecule has 0 amide bonds. The van der Waals surface area contributed by atoms with Crippen LogP contribution in [0.2, 0.25) is 0 Å². The maximum Gasteiger partial charge on any atom is 0.338 e. The molecule has 1 atom stereocenters. The molecule has 1 aliphatic rings. The van der Waals surface area contributed by atoms with Gasteiger partial charge in [0.25, 0.3) is 0 Å². The van der Waals surface area contributed by atoms with Gasteiger partial charge >= 0.3 is 5.97 Å². The summed E-state index contributed by atoms with van der Waals surface area (Å²) in [7, 11) is 0. The van der Waals surface area contributed by atoms with E-state index < -0.39 is 0 Å². The van der Waals surface area contributed by atoms with Crippen LogP contribution in [0.1, 0.15) is 31.0 Å². The molecule has 3 rings (SSSR count). The summed E-state index contributed by atoms with van der Waals surface area (Å²) < 4.78 is 6.32. The predicted octanol–water partition coefficient (Wildman–Crippen LogP) is 5.22. The van der Waals surface area contributed by atoms with Crippen LogP contribution in [0, 0.1) is 0 Å². The number of thioether (sulfide) groups is 1. The summed E-state index contributed by atoms with van der Waals surface area (Å²) in [5, 5.41) is 4.07. The maximum atomic E-state index is 12.5. The Balaban J connectivity index is 1.84. The Bertz CT molecular complexity index is 864. The fourth-order valence-corrected chi connectivity index (χ4v) is 3.97. The zero-order valence-corrected chi connectivity index (χ0v) is 17.6. The van der Waals surface area contributed by atoms with Crippen molar-refractivity contribution in [2.45, 2.75) is 25.6 Å². The van der Waals surface area contributed by atoms with E-state index in [1.165, 1.54) is 5.56 Å². The Kier molecular flexibility index (Phi) is 6.74. The van der Waals surface area contributed by atoms with E-state index in [9.17, 15) is 4.79 Å². The molecule has 0 aliphatic carbocycles. The van der Waals surface area contributed by atoms with Gasteiger partial charge in [-0.15, -0.1) is 0 Å². The topological polar surface area (TPSA) is 50.7 Å². The molecular weight excluding hydrogens is 424 g/mol. The number of allylic oxidation sites excluding steroid dienone is 1. The van der Waals surface area contributed by atoms with E-state index in [0.29, 0.717) is 12.2 Å². The van der Waals surface area contributed by atoms with Crippen molar-refractivity contribution in [2.24, 2.45) is 4.99 Å². The van der Waals surface area contributed by atoms with Gasteiger partial charge in [-0.2, -0.15) is 0 Å². The van der Waals surface area contributed by atoms with Gasteiger partial charge in [-0.3, -0.25) is 0 Å². The zero-order chi connectivity index (χ0) is 19.2. The van der Waals surface area contributed by atoms with Crippen molar-refractivity contribution in [2.75, 3.05) is 6.61 Å². The SMILES string of the molecule is CCOC(=O)C1=C(C)NC(SCc2ccc(Br)cc2)=N[C@@H]1c1ccccc1. The Morgan fingerprint density at radius 2 is 1.89 bits per heavy atom. The minimum absolute atomic E-state index is 0.322. The number of nitrogens with one attached hydrogen (secondary N) is 1. The number of esters is 1. The Labute approximate surface area is 172 Å². The number of benzene rings is 2. The molecule has 0 fully saturated rings. The number of hydrogen-bond donors (Lipinski definition) is 1. The Morgan fingerprint density at radius 3 is 2.56 bits per heavy atom. The quantitative estimate of drug-likeness (QED) is 0.642. The molecule has 4 nitrogen and oxygen atoms in total. The largest absolute Gasteiger partial charge is 0.463 e. The van der Waals surface area contributed by atoms with Crippen LogP contribution in [0.3, 0.4) is 0 Å². The van der Waals surface area contributed by atoms with Crippen LogP contribution < -0.4 is 5.32 Å². The number of amidine groups is 1. The van der Waals surface area contributed by atoms with Crippen LogP contribution in [-0.2, 0) is 15.3 Å². The predicted molar refractivity (Wildman–Crippen MR) is 115 cm³/mol. The van der Waals surface area contributed by atoms with E-state index in [1.807, 2.05) is 56.3 Å². The highest BCUT2D eigenvalue weighted by molar-refractivity contribution is 9.10. The first-order valence-electron chi connectivity index (χ1n) is 8.73. The van der Waals surface area contributed by atoms with E-state index >= 15 is 0 Å². The number of hydrogen-bond acceptors (Lipinski definition) is 5. The Hall–Kier alpha value is -2.05. The van der Waals surface area contributed by atoms with Gasteiger partial charge in [0, 0.05) is 15.9 Å². The van der Waals surface area contributed by atoms with Crippen LogP contribution in [-0.4, -0.2) is 17.7 Å². The summed E-state index contributed by atoms with van der Waals surface area (Å²) in [6.45, 7) is 4.05. The molecule has 0 bridgehead atoms. The highest BCUT2D eigenvalue weighted by atomic mass is 79.9. The fraction of sp³-hybridized carbons (Fsp3) is 0.238. The number of aliphatic imine (C=N–C) groups is 1. The van der Waals surface area contributed by atoms with Crippen molar-refractivity contribution in [3.05, 3.63) is 81.5 Å². The smallest absolute Gasteiger partial charge is 0.338 e. The molecule has 0 radical (unpaired) electrons. The summed E-state index contributed by atoms with van der Waals surface area (Å²) >= 11 is 5.08. The molecule has 0 unspecified atom stereocenters. The lowest BCUT2D eigenvalue weighted by Gasteiger charge is -2.25. The molecule has 2 aromatic rings. The summed E-state index contributed by atoms with van der Waals surface area (Å²) in [4.78, 5) is 17.3. The van der Waals surface area contributed by atoms with E-state index in [-0.39, 0.29) is 12.0 Å². The molecule has 1 aliphatic heterocycles. The van der Waals surface area contributed by atoms with Crippen LogP contribution in [0.25, 0.3) is 0 Å². The summed E-state index contributed by atoms with van der Waals surface area (Å²) in [5.41, 5.74) is 3.54. The number of ether oxygens (including phenoxy) is 1. The monoisotopic (exact) mass is 444 g/mol. The average Bonchev–Trinajstić information content (AvgIpc) is 2.68. The maximum absolute atomic E-state index is 12.5. The molecule has 2 aromatic carbocycles.